The number of nitrogen functional groups attached to an aromatic ring is 1. The number of imidazole rings is 1. The molecule has 130 valence electrons. The van der Waals surface area contributed by atoms with Crippen molar-refractivity contribution in [2.75, 3.05) is 18.9 Å². The molecule has 0 spiro atoms. The minimum absolute atomic E-state index is 0.0224. The van der Waals surface area contributed by atoms with E-state index in [0.717, 1.165) is 33.5 Å². The smallest absolute Gasteiger partial charge is 0.152 e. The van der Waals surface area contributed by atoms with E-state index in [2.05, 4.69) is 15.6 Å². The van der Waals surface area contributed by atoms with Crippen molar-refractivity contribution < 1.29 is 9.47 Å². The number of hydrogen-bond acceptors (Lipinski definition) is 5. The second-order valence-electron chi connectivity index (χ2n) is 6.40. The number of anilines is 1. The molecule has 6 heteroatoms. The number of nitrogens with two attached hydrogens (primary N) is 1. The van der Waals surface area contributed by atoms with E-state index >= 15 is 0 Å². The molecule has 2 N–H and O–H groups in total. The van der Waals surface area contributed by atoms with Crippen LogP contribution in [0.2, 0.25) is 0 Å². The summed E-state index contributed by atoms with van der Waals surface area (Å²) >= 11 is 0. The SMILES string of the molecule is Nc1nc2ccccc2c2c1nc1n2[C@@H](COc2ccccc2)COC1. The van der Waals surface area contributed by atoms with Gasteiger partial charge in [0.05, 0.1) is 23.7 Å². The summed E-state index contributed by atoms with van der Waals surface area (Å²) < 4.78 is 14.0. The van der Waals surface area contributed by atoms with Crippen LogP contribution >= 0.6 is 0 Å². The average Bonchev–Trinajstić information content (AvgIpc) is 3.08. The maximum absolute atomic E-state index is 6.19. The van der Waals surface area contributed by atoms with E-state index in [1.807, 2.05) is 48.5 Å². The van der Waals surface area contributed by atoms with Gasteiger partial charge in [-0.1, -0.05) is 36.4 Å². The normalized spacial score (nSPS) is 16.7. The number of fused-ring (bicyclic) bond motifs is 5. The minimum Gasteiger partial charge on any atom is -0.491 e. The predicted molar refractivity (Wildman–Crippen MR) is 100 cm³/mol. The molecule has 2 aromatic carbocycles. The van der Waals surface area contributed by atoms with Crippen molar-refractivity contribution in [1.29, 1.82) is 0 Å². The van der Waals surface area contributed by atoms with E-state index in [1.54, 1.807) is 0 Å². The number of hydrogen-bond donors (Lipinski definition) is 1. The van der Waals surface area contributed by atoms with E-state index < -0.39 is 0 Å². The van der Waals surface area contributed by atoms with Gasteiger partial charge in [0, 0.05) is 5.39 Å². The second-order valence-corrected chi connectivity index (χ2v) is 6.40. The Kier molecular flexibility index (Phi) is 3.50. The highest BCUT2D eigenvalue weighted by Crippen LogP contribution is 2.33. The van der Waals surface area contributed by atoms with Gasteiger partial charge in [-0.05, 0) is 18.2 Å². The molecule has 26 heavy (non-hydrogen) atoms. The molecule has 0 aliphatic carbocycles. The molecule has 0 amide bonds. The molecule has 0 bridgehead atoms. The number of aromatic nitrogens is 3. The Morgan fingerprint density at radius 1 is 1.08 bits per heavy atom. The molecular formula is C20H18N4O2. The Bertz CT molecular complexity index is 1090. The number of rotatable bonds is 3. The molecule has 0 saturated heterocycles. The molecule has 1 atom stereocenters. The van der Waals surface area contributed by atoms with Gasteiger partial charge in [-0.15, -0.1) is 0 Å². The van der Waals surface area contributed by atoms with Gasteiger partial charge in [0.2, 0.25) is 0 Å². The summed E-state index contributed by atoms with van der Waals surface area (Å²) in [5.41, 5.74) is 8.79. The van der Waals surface area contributed by atoms with Crippen LogP contribution in [0.5, 0.6) is 5.75 Å². The van der Waals surface area contributed by atoms with Gasteiger partial charge in [0.1, 0.15) is 30.3 Å². The van der Waals surface area contributed by atoms with Crippen LogP contribution in [0.25, 0.3) is 21.9 Å². The fourth-order valence-corrected chi connectivity index (χ4v) is 3.56. The van der Waals surface area contributed by atoms with Gasteiger partial charge in [-0.3, -0.25) is 0 Å². The first kappa shape index (κ1) is 15.2. The van der Waals surface area contributed by atoms with Gasteiger partial charge in [0.25, 0.3) is 0 Å². The maximum Gasteiger partial charge on any atom is 0.152 e. The maximum atomic E-state index is 6.19. The van der Waals surface area contributed by atoms with Crippen molar-refractivity contribution in [3.05, 3.63) is 60.4 Å². The molecule has 4 aromatic rings. The van der Waals surface area contributed by atoms with Gasteiger partial charge >= 0.3 is 0 Å². The van der Waals surface area contributed by atoms with E-state index in [0.29, 0.717) is 25.6 Å². The third kappa shape index (κ3) is 2.38. The molecule has 3 heterocycles. The molecule has 1 aliphatic rings. The second kappa shape index (κ2) is 6.00. The standard InChI is InChI=1S/C20H18N4O2/c21-20-18-19(15-8-4-5-9-16(15)22-20)24-13(10-25-12-17(24)23-18)11-26-14-6-2-1-3-7-14/h1-9,13H,10-12H2,(H2,21,22)/t13-/m1/s1. The van der Waals surface area contributed by atoms with Gasteiger partial charge in [-0.2, -0.15) is 0 Å². The summed E-state index contributed by atoms with van der Waals surface area (Å²) in [6, 6.07) is 17.8. The highest BCUT2D eigenvalue weighted by molar-refractivity contribution is 6.06. The topological polar surface area (TPSA) is 75.2 Å². The fourth-order valence-electron chi connectivity index (χ4n) is 3.56. The molecule has 1 aliphatic heterocycles. The third-order valence-corrected chi connectivity index (χ3v) is 4.72. The highest BCUT2D eigenvalue weighted by Gasteiger charge is 2.27. The van der Waals surface area contributed by atoms with Gasteiger partial charge in [0.15, 0.2) is 5.82 Å². The van der Waals surface area contributed by atoms with Crippen LogP contribution in [-0.4, -0.2) is 27.7 Å². The van der Waals surface area contributed by atoms with Crippen molar-refractivity contribution in [1.82, 2.24) is 14.5 Å². The summed E-state index contributed by atoms with van der Waals surface area (Å²) in [6.07, 6.45) is 0. The van der Waals surface area contributed by atoms with Crippen LogP contribution in [0.4, 0.5) is 5.82 Å². The van der Waals surface area contributed by atoms with Crippen molar-refractivity contribution in [3.8, 4) is 5.75 Å². The summed E-state index contributed by atoms with van der Waals surface area (Å²) in [6.45, 7) is 1.53. The monoisotopic (exact) mass is 346 g/mol. The van der Waals surface area contributed by atoms with E-state index in [1.165, 1.54) is 0 Å². The lowest BCUT2D eigenvalue weighted by molar-refractivity contribution is 0.0398. The Hall–Kier alpha value is -3.12. The molecular weight excluding hydrogens is 328 g/mol. The first-order chi connectivity index (χ1) is 12.8. The van der Waals surface area contributed by atoms with Crippen molar-refractivity contribution in [3.63, 3.8) is 0 Å². The molecule has 0 unspecified atom stereocenters. The van der Waals surface area contributed by atoms with Crippen LogP contribution in [0.3, 0.4) is 0 Å². The molecule has 0 fully saturated rings. The van der Waals surface area contributed by atoms with Crippen LogP contribution in [0.1, 0.15) is 11.9 Å². The molecule has 5 rings (SSSR count). The minimum atomic E-state index is 0.0224. The Labute approximate surface area is 150 Å². The summed E-state index contributed by atoms with van der Waals surface area (Å²) in [7, 11) is 0. The lowest BCUT2D eigenvalue weighted by Crippen LogP contribution is -2.28. The van der Waals surface area contributed by atoms with E-state index in [4.69, 9.17) is 20.2 Å². The van der Waals surface area contributed by atoms with E-state index in [9.17, 15) is 0 Å². The third-order valence-electron chi connectivity index (χ3n) is 4.72. The van der Waals surface area contributed by atoms with Crippen molar-refractivity contribution in [2.45, 2.75) is 12.6 Å². The van der Waals surface area contributed by atoms with Crippen LogP contribution in [0, 0.1) is 0 Å². The number of para-hydroxylation sites is 2. The number of benzene rings is 2. The Balaban J connectivity index is 1.63. The first-order valence-corrected chi connectivity index (χ1v) is 8.62. The fraction of sp³-hybridized carbons (Fsp3) is 0.200. The highest BCUT2D eigenvalue weighted by atomic mass is 16.5. The van der Waals surface area contributed by atoms with Crippen molar-refractivity contribution >= 4 is 27.8 Å². The molecule has 0 radical (unpaired) electrons. The predicted octanol–water partition coefficient (Wildman–Crippen LogP) is 3.32. The lowest BCUT2D eigenvalue weighted by atomic mass is 10.1. The van der Waals surface area contributed by atoms with Gasteiger partial charge in [-0.25, -0.2) is 9.97 Å². The van der Waals surface area contributed by atoms with Crippen LogP contribution in [0.15, 0.2) is 54.6 Å². The molecule has 6 nitrogen and oxygen atoms in total. The lowest BCUT2D eigenvalue weighted by Gasteiger charge is -2.26. The first-order valence-electron chi connectivity index (χ1n) is 8.62. The number of ether oxygens (including phenoxy) is 2. The van der Waals surface area contributed by atoms with Crippen LogP contribution in [-0.2, 0) is 11.3 Å². The average molecular weight is 346 g/mol. The zero-order chi connectivity index (χ0) is 17.5. The van der Waals surface area contributed by atoms with Crippen molar-refractivity contribution in [2.24, 2.45) is 0 Å². The number of pyridine rings is 1. The quantitative estimate of drug-likeness (QED) is 0.616. The Morgan fingerprint density at radius 3 is 2.77 bits per heavy atom. The summed E-state index contributed by atoms with van der Waals surface area (Å²) in [5, 5.41) is 1.04. The zero-order valence-corrected chi connectivity index (χ0v) is 14.1. The number of nitrogens with zero attached hydrogens (tertiary/aromatic N) is 3. The molecule has 0 saturated carbocycles. The van der Waals surface area contributed by atoms with Crippen LogP contribution < -0.4 is 10.5 Å². The van der Waals surface area contributed by atoms with E-state index in [-0.39, 0.29) is 6.04 Å². The Morgan fingerprint density at radius 2 is 1.88 bits per heavy atom. The summed E-state index contributed by atoms with van der Waals surface area (Å²) in [4.78, 5) is 9.20. The molecule has 2 aromatic heterocycles. The van der Waals surface area contributed by atoms with Gasteiger partial charge < -0.3 is 19.8 Å². The summed E-state index contributed by atoms with van der Waals surface area (Å²) in [5.74, 6) is 2.15. The zero-order valence-electron chi connectivity index (χ0n) is 14.1. The largest absolute Gasteiger partial charge is 0.491 e.